The van der Waals surface area contributed by atoms with Crippen LogP contribution in [-0.4, -0.2) is 11.7 Å². The fraction of sp³-hybridized carbons (Fsp3) is 0.600. The maximum Gasteiger partial charge on any atom is 0.217 e. The molecule has 2 saturated heterocycles. The van der Waals surface area contributed by atoms with Crippen LogP contribution in [0.2, 0.25) is 0 Å². The molecule has 4 unspecified atom stereocenters. The molecule has 2 bridgehead atoms. The first-order valence-electron chi connectivity index (χ1n) is 11.4. The monoisotopic (exact) mass is 434 g/mol. The van der Waals surface area contributed by atoms with Gasteiger partial charge >= 0.3 is 0 Å². The van der Waals surface area contributed by atoms with Gasteiger partial charge in [-0.2, -0.15) is 15.8 Å². The van der Waals surface area contributed by atoms with Crippen LogP contribution in [0.4, 0.5) is 4.39 Å². The van der Waals surface area contributed by atoms with Crippen LogP contribution >= 0.6 is 0 Å². The zero-order valence-corrected chi connectivity index (χ0v) is 18.1. The molecule has 0 aromatic heterocycles. The van der Waals surface area contributed by atoms with Crippen LogP contribution in [-0.2, 0) is 9.47 Å². The average Bonchev–Trinajstić information content (AvgIpc) is 2.97. The zero-order chi connectivity index (χ0) is 22.8. The van der Waals surface area contributed by atoms with Gasteiger partial charge in [-0.25, -0.2) is 4.39 Å². The van der Waals surface area contributed by atoms with Crippen molar-refractivity contribution in [3.63, 3.8) is 0 Å². The highest BCUT2D eigenvalue weighted by atomic mass is 19.1. The maximum absolute atomic E-state index is 13.6. The highest BCUT2D eigenvalue weighted by Crippen LogP contribution is 2.68. The van der Waals surface area contributed by atoms with Crippen molar-refractivity contribution in [2.45, 2.75) is 76.1 Å². The van der Waals surface area contributed by atoms with Crippen LogP contribution in [0.5, 0.6) is 0 Å². The van der Waals surface area contributed by atoms with E-state index in [0.717, 1.165) is 38.5 Å². The Balaban J connectivity index is 1.88. The second kappa shape index (κ2) is 8.53. The Labute approximate surface area is 188 Å². The van der Waals surface area contributed by atoms with Gasteiger partial charge in [0.2, 0.25) is 17.1 Å². The van der Waals surface area contributed by atoms with Gasteiger partial charge in [-0.15, -0.1) is 0 Å². The number of nitriles is 3. The van der Waals surface area contributed by atoms with Crippen molar-refractivity contribution in [2.24, 2.45) is 16.7 Å². The lowest BCUT2D eigenvalue weighted by molar-refractivity contribution is -0.287. The van der Waals surface area contributed by atoms with E-state index >= 15 is 0 Å². The predicted octanol–water partition coefficient (Wildman–Crippen LogP) is 5.68. The van der Waals surface area contributed by atoms with Gasteiger partial charge in [0.25, 0.3) is 0 Å². The van der Waals surface area contributed by atoms with E-state index in [1.807, 2.05) is 0 Å². The molecule has 7 heteroatoms. The predicted molar refractivity (Wildman–Crippen MR) is 113 cm³/mol. The van der Waals surface area contributed by atoms with Crippen molar-refractivity contribution >= 4 is 5.90 Å². The molecule has 32 heavy (non-hydrogen) atoms. The van der Waals surface area contributed by atoms with Gasteiger partial charge in [0.1, 0.15) is 11.9 Å². The molecule has 0 radical (unpaired) electrons. The molecule has 1 aromatic rings. The second-order valence-electron chi connectivity index (χ2n) is 9.16. The molecule has 2 aliphatic heterocycles. The largest absolute Gasteiger partial charge is 0.447 e. The van der Waals surface area contributed by atoms with E-state index in [1.54, 1.807) is 0 Å². The summed E-state index contributed by atoms with van der Waals surface area (Å²) in [7, 11) is 0. The topological polar surface area (TPSA) is 114 Å². The van der Waals surface area contributed by atoms with Crippen molar-refractivity contribution in [3.05, 3.63) is 35.6 Å². The first kappa shape index (κ1) is 22.3. The van der Waals surface area contributed by atoms with Gasteiger partial charge in [0.15, 0.2) is 5.41 Å². The summed E-state index contributed by atoms with van der Waals surface area (Å²) in [5.74, 6) is -2.65. The molecule has 0 amide bonds. The Hall–Kier alpha value is -2.95. The third-order valence-electron chi connectivity index (χ3n) is 7.49. The summed E-state index contributed by atoms with van der Waals surface area (Å²) in [4.78, 5) is 0. The first-order chi connectivity index (χ1) is 15.5. The Kier molecular flexibility index (Phi) is 5.93. The third kappa shape index (κ3) is 3.09. The van der Waals surface area contributed by atoms with Crippen molar-refractivity contribution < 1.29 is 13.9 Å². The normalized spacial score (nSPS) is 34.4. The Morgan fingerprint density at radius 1 is 0.875 bits per heavy atom. The van der Waals surface area contributed by atoms with Gasteiger partial charge in [-0.05, 0) is 30.5 Å². The molecule has 1 saturated carbocycles. The number of benzene rings is 1. The molecule has 4 atom stereocenters. The summed E-state index contributed by atoms with van der Waals surface area (Å²) in [6, 6.07) is 11.8. The molecule has 1 aliphatic carbocycles. The highest BCUT2D eigenvalue weighted by Gasteiger charge is 2.79. The van der Waals surface area contributed by atoms with E-state index < -0.39 is 34.5 Å². The number of nitrogens with one attached hydrogen (secondary N) is 1. The van der Waals surface area contributed by atoms with E-state index in [2.05, 4.69) is 18.2 Å². The minimum Gasteiger partial charge on any atom is -0.447 e. The fourth-order valence-electron chi connectivity index (χ4n) is 5.86. The van der Waals surface area contributed by atoms with Crippen LogP contribution in [0, 0.1) is 62.0 Å². The Morgan fingerprint density at radius 2 is 1.47 bits per heavy atom. The summed E-state index contributed by atoms with van der Waals surface area (Å²) < 4.78 is 26.2. The average molecular weight is 435 g/mol. The van der Waals surface area contributed by atoms with Gasteiger partial charge in [-0.3, -0.25) is 5.41 Å². The molecule has 0 spiro atoms. The summed E-state index contributed by atoms with van der Waals surface area (Å²) in [6.45, 7) is 0. The lowest BCUT2D eigenvalue weighted by atomic mass is 9.52. The quantitative estimate of drug-likeness (QED) is 0.611. The van der Waals surface area contributed by atoms with E-state index in [4.69, 9.17) is 14.9 Å². The number of ether oxygens (including phenoxy) is 2. The zero-order valence-electron chi connectivity index (χ0n) is 18.1. The van der Waals surface area contributed by atoms with E-state index in [1.165, 1.54) is 37.1 Å². The molecule has 4 rings (SSSR count). The third-order valence-corrected chi connectivity index (χ3v) is 7.49. The number of nitrogens with zero attached hydrogens (tertiary/aromatic N) is 3. The number of hydrogen-bond donors (Lipinski definition) is 1. The van der Waals surface area contributed by atoms with Crippen molar-refractivity contribution in [3.8, 4) is 18.2 Å². The molecular formula is C25H27FN4O2. The summed E-state index contributed by atoms with van der Waals surface area (Å²) in [6.07, 6.45) is 8.01. The second-order valence-corrected chi connectivity index (χ2v) is 9.16. The Bertz CT molecular complexity index is 991. The minimum absolute atomic E-state index is 0.354. The standard InChI is InChI=1S/C25H27FN4O2/c26-19-12-10-18(11-13-19)21-23(15-27,16-28)24(17-29)20-9-7-5-3-1-2-4-6-8-14-25(20,31-21)32-22(24)30/h10-13,20-21,30H,1-9,14H2. The Morgan fingerprint density at radius 3 is 2.06 bits per heavy atom. The highest BCUT2D eigenvalue weighted by molar-refractivity contribution is 5.89. The van der Waals surface area contributed by atoms with Gasteiger partial charge < -0.3 is 9.47 Å². The first-order valence-corrected chi connectivity index (χ1v) is 11.4. The van der Waals surface area contributed by atoms with Crippen LogP contribution in [0.1, 0.15) is 75.9 Å². The van der Waals surface area contributed by atoms with Crippen LogP contribution in [0.3, 0.4) is 0 Å². The molecule has 3 aliphatic rings. The molecule has 1 aromatic carbocycles. The van der Waals surface area contributed by atoms with Crippen molar-refractivity contribution in [1.82, 2.24) is 0 Å². The number of rotatable bonds is 1. The van der Waals surface area contributed by atoms with Crippen LogP contribution in [0.15, 0.2) is 24.3 Å². The van der Waals surface area contributed by atoms with Crippen LogP contribution in [0.25, 0.3) is 0 Å². The van der Waals surface area contributed by atoms with E-state index in [-0.39, 0.29) is 5.90 Å². The lowest BCUT2D eigenvalue weighted by Gasteiger charge is -2.50. The van der Waals surface area contributed by atoms with Gasteiger partial charge in [0.05, 0.1) is 24.1 Å². The molecule has 1 N–H and O–H groups in total. The molecule has 166 valence electrons. The summed E-state index contributed by atoms with van der Waals surface area (Å²) in [5.41, 5.74) is -3.31. The summed E-state index contributed by atoms with van der Waals surface area (Å²) >= 11 is 0. The maximum atomic E-state index is 13.6. The molecule has 3 fully saturated rings. The molecular weight excluding hydrogens is 407 g/mol. The molecule has 6 nitrogen and oxygen atoms in total. The van der Waals surface area contributed by atoms with Gasteiger partial charge in [-0.1, -0.05) is 57.1 Å². The van der Waals surface area contributed by atoms with Crippen molar-refractivity contribution in [2.75, 3.05) is 0 Å². The lowest BCUT2D eigenvalue weighted by Crippen LogP contribution is -2.59. The summed E-state index contributed by atoms with van der Waals surface area (Å²) in [5, 5.41) is 39.9. The van der Waals surface area contributed by atoms with Crippen molar-refractivity contribution in [1.29, 1.82) is 21.2 Å². The minimum atomic E-state index is -1.99. The van der Waals surface area contributed by atoms with E-state index in [0.29, 0.717) is 18.4 Å². The molecule has 2 heterocycles. The van der Waals surface area contributed by atoms with Crippen LogP contribution < -0.4 is 0 Å². The number of halogens is 1. The smallest absolute Gasteiger partial charge is 0.217 e. The SMILES string of the molecule is N#CC1(C#N)C(c2ccc(F)cc2)OC23CCCCCCCCCCC2C1(C#N)C(=N)O3. The fourth-order valence-corrected chi connectivity index (χ4v) is 5.86. The van der Waals surface area contributed by atoms with E-state index in [9.17, 15) is 20.2 Å². The number of hydrogen-bond acceptors (Lipinski definition) is 6. The van der Waals surface area contributed by atoms with Gasteiger partial charge in [0, 0.05) is 6.42 Å².